The molecular formula is C31H62N2O14Si2. The maximum atomic E-state index is 12.8. The molecule has 2 aliphatic rings. The highest BCUT2D eigenvalue weighted by molar-refractivity contribution is 6.61. The van der Waals surface area contributed by atoms with Crippen LogP contribution in [-0.2, 0) is 55.0 Å². The molecule has 2 unspecified atom stereocenters. The minimum Gasteiger partial charge on any atom is -0.449 e. The summed E-state index contributed by atoms with van der Waals surface area (Å²) in [6.07, 6.45) is -0.0390. The van der Waals surface area contributed by atoms with E-state index in [1.807, 2.05) is 41.5 Å². The van der Waals surface area contributed by atoms with Crippen molar-refractivity contribution >= 4 is 29.8 Å². The van der Waals surface area contributed by atoms with Gasteiger partial charge in [0.1, 0.15) is 25.4 Å². The summed E-state index contributed by atoms with van der Waals surface area (Å²) < 4.78 is 69.1. The van der Waals surface area contributed by atoms with Crippen molar-refractivity contribution in [2.75, 3.05) is 106 Å². The summed E-state index contributed by atoms with van der Waals surface area (Å²) >= 11 is 0. The zero-order valence-electron chi connectivity index (χ0n) is 30.5. The fraction of sp³-hybridized carbons (Fsp3) is 0.935. The highest BCUT2D eigenvalue weighted by Crippen LogP contribution is 2.24. The van der Waals surface area contributed by atoms with Gasteiger partial charge in [-0.3, -0.25) is 0 Å². The summed E-state index contributed by atoms with van der Waals surface area (Å²) in [5.41, 5.74) is -0.986. The lowest BCUT2D eigenvalue weighted by Gasteiger charge is -2.32. The van der Waals surface area contributed by atoms with Gasteiger partial charge in [-0.1, -0.05) is 0 Å². The van der Waals surface area contributed by atoms with Crippen LogP contribution >= 0.6 is 0 Å². The lowest BCUT2D eigenvalue weighted by atomic mass is 9.92. The Hall–Kier alpha value is -1.43. The highest BCUT2D eigenvalue weighted by Gasteiger charge is 2.41. The lowest BCUT2D eigenvalue weighted by Crippen LogP contribution is -2.47. The van der Waals surface area contributed by atoms with Crippen molar-refractivity contribution in [1.82, 2.24) is 10.6 Å². The quantitative estimate of drug-likeness (QED) is 0.0584. The number of nitrogens with one attached hydrogen (secondary N) is 2. The Morgan fingerprint density at radius 1 is 0.592 bits per heavy atom. The molecule has 2 N–H and O–H groups in total. The van der Waals surface area contributed by atoms with Crippen molar-refractivity contribution in [2.45, 2.75) is 78.7 Å². The maximum absolute atomic E-state index is 12.8. The number of hydrogen-bond donors (Lipinski definition) is 2. The molecule has 0 bridgehead atoms. The van der Waals surface area contributed by atoms with Crippen LogP contribution in [-0.4, -0.2) is 148 Å². The molecule has 0 aromatic heterocycles. The van der Waals surface area contributed by atoms with Gasteiger partial charge in [0.05, 0.1) is 45.1 Å². The van der Waals surface area contributed by atoms with E-state index in [1.54, 1.807) is 0 Å². The largest absolute Gasteiger partial charge is 0.500 e. The summed E-state index contributed by atoms with van der Waals surface area (Å²) in [5.74, 6) is 0. The number of ether oxygens (including phenoxy) is 6. The van der Waals surface area contributed by atoms with E-state index >= 15 is 0 Å². The third-order valence-electron chi connectivity index (χ3n) is 7.29. The maximum Gasteiger partial charge on any atom is 0.500 e. The molecule has 2 amide bonds. The van der Waals surface area contributed by atoms with Crippen LogP contribution in [0, 0.1) is 5.41 Å². The number of alkyl carbamates (subject to hydrolysis) is 2. The van der Waals surface area contributed by atoms with Crippen molar-refractivity contribution in [3.05, 3.63) is 0 Å². The second-order valence-corrected chi connectivity index (χ2v) is 17.1. The van der Waals surface area contributed by atoms with Gasteiger partial charge in [0.25, 0.3) is 0 Å². The SMILES string of the molecule is CCO[Si](CCCNC(=O)OCC(COCC1CO1)(COCC1CO1)COC(=O)NCCC[Si](OCC)(OCC)OCC)(OCC)OCC. The standard InChI is InChI=1S/C31H62N2O14Si2/c1-7-42-48(43-8-2,44-9-3)17-13-15-32-29(34)40-25-31(23-36-19-27-21-38-27,24-37-20-28-22-39-28)26-41-30(35)33-16-14-18-49(45-10-4,46-11-5)47-12-6/h27-28H,7-26H2,1-6H3,(H,32,34)(H,33,35). The van der Waals surface area contributed by atoms with Gasteiger partial charge in [-0.25, -0.2) is 9.59 Å². The molecule has 16 nitrogen and oxygen atoms in total. The van der Waals surface area contributed by atoms with Crippen molar-refractivity contribution in [1.29, 1.82) is 0 Å². The molecule has 2 saturated heterocycles. The summed E-state index contributed by atoms with van der Waals surface area (Å²) in [4.78, 5) is 25.6. The monoisotopic (exact) mass is 742 g/mol. The Bertz CT molecular complexity index is 796. The first-order valence-corrected chi connectivity index (χ1v) is 21.6. The van der Waals surface area contributed by atoms with Crippen LogP contribution in [0.2, 0.25) is 12.1 Å². The molecule has 2 heterocycles. The first-order chi connectivity index (χ1) is 23.7. The summed E-state index contributed by atoms with van der Waals surface area (Å²) in [6, 6.07) is 1.10. The number of carbonyl (C=O) groups is 2. The van der Waals surface area contributed by atoms with E-state index in [9.17, 15) is 9.59 Å². The topological polar surface area (TPSA) is 176 Å². The van der Waals surface area contributed by atoms with Crippen LogP contribution in [0.4, 0.5) is 9.59 Å². The zero-order chi connectivity index (χ0) is 35.9. The Balaban J connectivity index is 1.95. The first kappa shape index (κ1) is 43.7. The summed E-state index contributed by atoms with van der Waals surface area (Å²) in [7, 11) is -5.65. The fourth-order valence-electron chi connectivity index (χ4n) is 4.92. The molecular weight excluding hydrogens is 681 g/mol. The van der Waals surface area contributed by atoms with Crippen molar-refractivity contribution in [2.24, 2.45) is 5.41 Å². The molecule has 0 radical (unpaired) electrons. The van der Waals surface area contributed by atoms with Crippen LogP contribution in [0.15, 0.2) is 0 Å². The van der Waals surface area contributed by atoms with E-state index in [-0.39, 0.29) is 38.6 Å². The van der Waals surface area contributed by atoms with Crippen LogP contribution in [0.1, 0.15) is 54.4 Å². The molecule has 0 saturated carbocycles. The van der Waals surface area contributed by atoms with Gasteiger partial charge in [0.2, 0.25) is 0 Å². The third kappa shape index (κ3) is 18.6. The van der Waals surface area contributed by atoms with Gasteiger partial charge < -0.3 is 65.6 Å². The van der Waals surface area contributed by atoms with Gasteiger partial charge in [0, 0.05) is 64.8 Å². The highest BCUT2D eigenvalue weighted by atomic mass is 28.4. The van der Waals surface area contributed by atoms with Crippen LogP contribution in [0.5, 0.6) is 0 Å². The molecule has 49 heavy (non-hydrogen) atoms. The predicted octanol–water partition coefficient (Wildman–Crippen LogP) is 3.13. The predicted molar refractivity (Wildman–Crippen MR) is 182 cm³/mol. The van der Waals surface area contributed by atoms with Gasteiger partial charge in [0.15, 0.2) is 0 Å². The lowest BCUT2D eigenvalue weighted by molar-refractivity contribution is -0.0836. The molecule has 0 aliphatic carbocycles. The van der Waals surface area contributed by atoms with Crippen LogP contribution in [0.3, 0.4) is 0 Å². The second-order valence-electron chi connectivity index (χ2n) is 11.6. The average Bonchev–Trinajstić information content (AvgIpc) is 4.01. The fourth-order valence-corrected chi connectivity index (χ4v) is 10.1. The van der Waals surface area contributed by atoms with Crippen molar-refractivity contribution in [3.8, 4) is 0 Å². The molecule has 2 rings (SSSR count). The van der Waals surface area contributed by atoms with Crippen molar-refractivity contribution < 1.29 is 64.6 Å². The molecule has 18 heteroatoms. The molecule has 288 valence electrons. The molecule has 0 aromatic rings. The van der Waals surface area contributed by atoms with Crippen molar-refractivity contribution in [3.63, 3.8) is 0 Å². The zero-order valence-corrected chi connectivity index (χ0v) is 32.5. The molecule has 2 aliphatic heterocycles. The Morgan fingerprint density at radius 2 is 0.918 bits per heavy atom. The van der Waals surface area contributed by atoms with E-state index in [4.69, 9.17) is 55.0 Å². The number of rotatable bonds is 32. The van der Waals surface area contributed by atoms with E-state index < -0.39 is 35.2 Å². The third-order valence-corrected chi connectivity index (χ3v) is 13.6. The van der Waals surface area contributed by atoms with Gasteiger partial charge in [-0.15, -0.1) is 0 Å². The average molecular weight is 743 g/mol. The second kappa shape index (κ2) is 24.7. The van der Waals surface area contributed by atoms with E-state index in [2.05, 4.69) is 10.6 Å². The molecule has 0 aromatic carbocycles. The molecule has 0 spiro atoms. The summed E-state index contributed by atoms with van der Waals surface area (Å²) in [5, 5.41) is 5.57. The van der Waals surface area contributed by atoms with Crippen LogP contribution < -0.4 is 10.6 Å². The minimum absolute atomic E-state index is 0.0217. The normalized spacial score (nSPS) is 17.5. The smallest absolute Gasteiger partial charge is 0.449 e. The van der Waals surface area contributed by atoms with E-state index in [1.165, 1.54) is 0 Å². The van der Waals surface area contributed by atoms with Gasteiger partial charge >= 0.3 is 29.8 Å². The Labute approximate surface area is 294 Å². The number of hydrogen-bond acceptors (Lipinski definition) is 14. The van der Waals surface area contributed by atoms with E-state index in [0.717, 1.165) is 0 Å². The number of epoxide rings is 2. The van der Waals surface area contributed by atoms with E-state index in [0.29, 0.717) is 104 Å². The van der Waals surface area contributed by atoms with Gasteiger partial charge in [-0.05, 0) is 54.4 Å². The first-order valence-electron chi connectivity index (χ1n) is 17.8. The number of amides is 2. The Morgan fingerprint density at radius 3 is 1.20 bits per heavy atom. The van der Waals surface area contributed by atoms with Crippen LogP contribution in [0.25, 0.3) is 0 Å². The Kier molecular flexibility index (Phi) is 22.1. The summed E-state index contributed by atoms with van der Waals surface area (Å²) in [6.45, 7) is 16.9. The molecule has 2 atom stereocenters. The minimum atomic E-state index is -2.83. The molecule has 2 fully saturated rings. The van der Waals surface area contributed by atoms with Gasteiger partial charge in [-0.2, -0.15) is 0 Å². The number of carbonyl (C=O) groups excluding carboxylic acids is 2.